The van der Waals surface area contributed by atoms with Gasteiger partial charge in [-0.05, 0) is 57.0 Å². The van der Waals surface area contributed by atoms with E-state index in [9.17, 15) is 9.59 Å². The Balaban J connectivity index is 1.65. The Labute approximate surface area is 182 Å². The molecule has 30 heavy (non-hydrogen) atoms. The molecule has 0 spiro atoms. The van der Waals surface area contributed by atoms with Crippen LogP contribution in [0.25, 0.3) is 0 Å². The first-order valence-corrected chi connectivity index (χ1v) is 11.3. The maximum absolute atomic E-state index is 13.0. The molecule has 1 fully saturated rings. The summed E-state index contributed by atoms with van der Waals surface area (Å²) in [6, 6.07) is 14.0. The van der Waals surface area contributed by atoms with Crippen LogP contribution in [0.2, 0.25) is 0 Å². The van der Waals surface area contributed by atoms with Crippen molar-refractivity contribution in [1.82, 2.24) is 4.90 Å². The van der Waals surface area contributed by atoms with Gasteiger partial charge in [-0.2, -0.15) is 0 Å². The molecule has 0 aliphatic carbocycles. The largest absolute Gasteiger partial charge is 0.496 e. The van der Waals surface area contributed by atoms with Gasteiger partial charge in [0.1, 0.15) is 5.75 Å². The lowest BCUT2D eigenvalue weighted by molar-refractivity contribution is -0.149. The number of amides is 1. The van der Waals surface area contributed by atoms with Gasteiger partial charge in [0.05, 0.1) is 19.6 Å². The number of hydrogen-bond donors (Lipinski definition) is 0. The van der Waals surface area contributed by atoms with Crippen molar-refractivity contribution < 1.29 is 19.1 Å². The number of likely N-dealkylation sites (tertiary alicyclic amines) is 1. The highest BCUT2D eigenvalue weighted by atomic mass is 32.2. The minimum Gasteiger partial charge on any atom is -0.496 e. The van der Waals surface area contributed by atoms with Gasteiger partial charge >= 0.3 is 5.97 Å². The summed E-state index contributed by atoms with van der Waals surface area (Å²) < 4.78 is 10.6. The van der Waals surface area contributed by atoms with Gasteiger partial charge in [-0.25, -0.2) is 0 Å². The molecule has 0 bridgehead atoms. The lowest BCUT2D eigenvalue weighted by Gasteiger charge is -2.31. The van der Waals surface area contributed by atoms with E-state index >= 15 is 0 Å². The molecule has 1 heterocycles. The molecule has 0 radical (unpaired) electrons. The third-order valence-electron chi connectivity index (χ3n) is 5.34. The SMILES string of the molecule is CCOC(=O)C1CCN(C(=O)c2ccc(OC)c(CSc3ccc(C)cc3)c2)CC1. The van der Waals surface area contributed by atoms with Crippen molar-refractivity contribution in [2.45, 2.75) is 37.3 Å². The van der Waals surface area contributed by atoms with Gasteiger partial charge in [0.15, 0.2) is 0 Å². The highest BCUT2D eigenvalue weighted by molar-refractivity contribution is 7.98. The number of esters is 1. The molecule has 2 aromatic rings. The van der Waals surface area contributed by atoms with Crippen LogP contribution >= 0.6 is 11.8 Å². The van der Waals surface area contributed by atoms with Crippen molar-refractivity contribution in [2.75, 3.05) is 26.8 Å². The van der Waals surface area contributed by atoms with Gasteiger partial charge in [-0.15, -0.1) is 11.8 Å². The number of piperidine rings is 1. The number of ether oxygens (including phenoxy) is 2. The second kappa shape index (κ2) is 10.5. The Morgan fingerprint density at radius 2 is 1.80 bits per heavy atom. The van der Waals surface area contributed by atoms with Gasteiger partial charge in [0.2, 0.25) is 0 Å². The minimum absolute atomic E-state index is 0.00143. The maximum atomic E-state index is 13.0. The number of carbonyl (C=O) groups excluding carboxylic acids is 2. The first kappa shape index (κ1) is 22.2. The number of thioether (sulfide) groups is 1. The molecule has 1 saturated heterocycles. The van der Waals surface area contributed by atoms with Crippen LogP contribution < -0.4 is 4.74 Å². The van der Waals surface area contributed by atoms with E-state index in [2.05, 4.69) is 31.2 Å². The molecular weight excluding hydrogens is 398 g/mol. The van der Waals surface area contributed by atoms with Crippen molar-refractivity contribution in [3.63, 3.8) is 0 Å². The van der Waals surface area contributed by atoms with Crippen LogP contribution in [0, 0.1) is 12.8 Å². The standard InChI is InChI=1S/C24H29NO4S/c1-4-29-24(27)18-11-13-25(14-12-18)23(26)19-7-10-22(28-3)20(15-19)16-30-21-8-5-17(2)6-9-21/h5-10,15,18H,4,11-14,16H2,1-3H3. The summed E-state index contributed by atoms with van der Waals surface area (Å²) in [4.78, 5) is 28.0. The smallest absolute Gasteiger partial charge is 0.309 e. The molecule has 1 aliphatic rings. The zero-order chi connectivity index (χ0) is 21.5. The van der Waals surface area contributed by atoms with Crippen LogP contribution in [-0.2, 0) is 15.3 Å². The predicted molar refractivity (Wildman–Crippen MR) is 119 cm³/mol. The highest BCUT2D eigenvalue weighted by Crippen LogP contribution is 2.30. The third-order valence-corrected chi connectivity index (χ3v) is 6.41. The monoisotopic (exact) mass is 427 g/mol. The normalized spacial score (nSPS) is 14.4. The molecule has 1 aliphatic heterocycles. The first-order valence-electron chi connectivity index (χ1n) is 10.3. The van der Waals surface area contributed by atoms with Crippen LogP contribution in [0.15, 0.2) is 47.4 Å². The van der Waals surface area contributed by atoms with Gasteiger partial charge in [-0.1, -0.05) is 17.7 Å². The summed E-state index contributed by atoms with van der Waals surface area (Å²) >= 11 is 1.72. The second-order valence-corrected chi connectivity index (χ2v) is 8.50. The fourth-order valence-electron chi connectivity index (χ4n) is 3.58. The topological polar surface area (TPSA) is 55.8 Å². The third kappa shape index (κ3) is 5.57. The molecule has 160 valence electrons. The Morgan fingerprint density at radius 3 is 2.43 bits per heavy atom. The average Bonchev–Trinajstić information content (AvgIpc) is 2.78. The van der Waals surface area contributed by atoms with Gasteiger partial charge in [-0.3, -0.25) is 9.59 Å². The molecule has 0 unspecified atom stereocenters. The van der Waals surface area contributed by atoms with E-state index in [0.29, 0.717) is 38.1 Å². The Bertz CT molecular complexity index is 873. The maximum Gasteiger partial charge on any atom is 0.309 e. The van der Waals surface area contributed by atoms with Crippen LogP contribution in [0.4, 0.5) is 0 Å². The first-order chi connectivity index (χ1) is 14.5. The number of aryl methyl sites for hydroxylation is 1. The zero-order valence-corrected chi connectivity index (χ0v) is 18.7. The second-order valence-electron chi connectivity index (χ2n) is 7.45. The molecule has 0 atom stereocenters. The van der Waals surface area contributed by atoms with E-state index in [1.54, 1.807) is 18.9 Å². The fraction of sp³-hybridized carbons (Fsp3) is 0.417. The summed E-state index contributed by atoms with van der Waals surface area (Å²) in [5.74, 6) is 1.25. The highest BCUT2D eigenvalue weighted by Gasteiger charge is 2.28. The van der Waals surface area contributed by atoms with Crippen molar-refractivity contribution in [3.05, 3.63) is 59.2 Å². The summed E-state index contributed by atoms with van der Waals surface area (Å²) in [7, 11) is 1.65. The molecule has 0 aromatic heterocycles. The molecule has 1 amide bonds. The van der Waals surface area contributed by atoms with E-state index in [-0.39, 0.29) is 17.8 Å². The molecule has 2 aromatic carbocycles. The molecule has 3 rings (SSSR count). The fourth-order valence-corrected chi connectivity index (χ4v) is 4.46. The minimum atomic E-state index is -0.149. The van der Waals surface area contributed by atoms with Gasteiger partial charge in [0.25, 0.3) is 5.91 Å². The summed E-state index contributed by atoms with van der Waals surface area (Å²) in [5, 5.41) is 0. The van der Waals surface area contributed by atoms with Crippen LogP contribution in [0.5, 0.6) is 5.75 Å². The van der Waals surface area contributed by atoms with Crippen molar-refractivity contribution in [1.29, 1.82) is 0 Å². The summed E-state index contributed by atoms with van der Waals surface area (Å²) in [6.45, 7) is 5.42. The zero-order valence-electron chi connectivity index (χ0n) is 17.8. The van der Waals surface area contributed by atoms with Crippen molar-refractivity contribution in [3.8, 4) is 5.75 Å². The number of hydrogen-bond acceptors (Lipinski definition) is 5. The van der Waals surface area contributed by atoms with E-state index in [0.717, 1.165) is 17.1 Å². The number of methoxy groups -OCH3 is 1. The lowest BCUT2D eigenvalue weighted by Crippen LogP contribution is -2.40. The predicted octanol–water partition coefficient (Wildman–Crippen LogP) is 4.71. The van der Waals surface area contributed by atoms with Gasteiger partial charge in [0, 0.05) is 34.9 Å². The Morgan fingerprint density at radius 1 is 1.10 bits per heavy atom. The van der Waals surface area contributed by atoms with E-state index in [1.165, 1.54) is 10.5 Å². The quantitative estimate of drug-likeness (QED) is 0.473. The molecule has 5 nitrogen and oxygen atoms in total. The van der Waals surface area contributed by atoms with E-state index in [1.807, 2.05) is 30.0 Å². The molecule has 6 heteroatoms. The molecule has 0 N–H and O–H groups in total. The number of carbonyl (C=O) groups is 2. The van der Waals surface area contributed by atoms with Gasteiger partial charge < -0.3 is 14.4 Å². The Kier molecular flexibility index (Phi) is 7.80. The number of benzene rings is 2. The number of rotatable bonds is 7. The lowest BCUT2D eigenvalue weighted by atomic mass is 9.96. The van der Waals surface area contributed by atoms with Crippen LogP contribution in [-0.4, -0.2) is 43.6 Å². The average molecular weight is 428 g/mol. The van der Waals surface area contributed by atoms with Crippen molar-refractivity contribution in [2.24, 2.45) is 5.92 Å². The molecule has 0 saturated carbocycles. The van der Waals surface area contributed by atoms with Crippen LogP contribution in [0.1, 0.15) is 41.3 Å². The molecular formula is C24H29NO4S. The summed E-state index contributed by atoms with van der Waals surface area (Å²) in [5.41, 5.74) is 2.89. The van der Waals surface area contributed by atoms with Crippen molar-refractivity contribution >= 4 is 23.6 Å². The van der Waals surface area contributed by atoms with E-state index < -0.39 is 0 Å². The number of nitrogens with zero attached hydrogens (tertiary/aromatic N) is 1. The van der Waals surface area contributed by atoms with Crippen LogP contribution in [0.3, 0.4) is 0 Å². The Hall–Kier alpha value is -2.47. The van der Waals surface area contributed by atoms with E-state index in [4.69, 9.17) is 9.47 Å². The summed E-state index contributed by atoms with van der Waals surface area (Å²) in [6.07, 6.45) is 1.30.